The predicted octanol–water partition coefficient (Wildman–Crippen LogP) is 5.57. The molecule has 0 atom stereocenters. The van der Waals surface area contributed by atoms with Crippen molar-refractivity contribution >= 4 is 35.5 Å². The van der Waals surface area contributed by atoms with Gasteiger partial charge in [0.05, 0.1) is 0 Å². The van der Waals surface area contributed by atoms with Crippen molar-refractivity contribution in [2.45, 2.75) is 0 Å². The molecule has 0 saturated carbocycles. The van der Waals surface area contributed by atoms with Gasteiger partial charge in [0.25, 0.3) is 0 Å². The van der Waals surface area contributed by atoms with Crippen molar-refractivity contribution in [3.8, 4) is 0 Å². The van der Waals surface area contributed by atoms with Crippen LogP contribution in [0, 0.1) is 0 Å². The van der Waals surface area contributed by atoms with Crippen LogP contribution in [-0.2, 0) is 9.13 Å². The smallest absolute Gasteiger partial charge is 0.146 e. The van der Waals surface area contributed by atoms with Crippen molar-refractivity contribution in [1.29, 1.82) is 0 Å². The third-order valence-electron chi connectivity index (χ3n) is 5.58. The molecular weight excluding hydrogens is 430 g/mol. The molecule has 0 aliphatic carbocycles. The molecule has 32 heavy (non-hydrogen) atoms. The second kappa shape index (κ2) is 10.1. The standard InChI is InChI=1S/C28H26O2P2/c29-31(25-15-5-1-6-16-25,26-17-7-2-8-18-26)23-13-14-24-32(30,27-19-9-3-10-20-27)28-21-11-4-12-22-28/h1-22H,23-24H2/b14-13+. The molecule has 0 spiro atoms. The van der Waals surface area contributed by atoms with Crippen LogP contribution >= 0.6 is 14.3 Å². The predicted molar refractivity (Wildman–Crippen MR) is 138 cm³/mol. The van der Waals surface area contributed by atoms with E-state index in [0.717, 1.165) is 21.2 Å². The van der Waals surface area contributed by atoms with Crippen LogP contribution in [0.15, 0.2) is 133 Å². The van der Waals surface area contributed by atoms with Gasteiger partial charge in [-0.3, -0.25) is 0 Å². The molecule has 160 valence electrons. The van der Waals surface area contributed by atoms with Gasteiger partial charge in [0, 0.05) is 33.5 Å². The van der Waals surface area contributed by atoms with Crippen molar-refractivity contribution in [3.63, 3.8) is 0 Å². The topological polar surface area (TPSA) is 34.1 Å². The molecule has 0 N–H and O–H groups in total. The number of hydrogen-bond donors (Lipinski definition) is 0. The molecule has 4 heteroatoms. The fraction of sp³-hybridized carbons (Fsp3) is 0.0714. The summed E-state index contributed by atoms with van der Waals surface area (Å²) in [6.45, 7) is 0. The zero-order valence-corrected chi connectivity index (χ0v) is 19.6. The molecule has 4 aromatic rings. The van der Waals surface area contributed by atoms with E-state index < -0.39 is 14.3 Å². The van der Waals surface area contributed by atoms with Gasteiger partial charge in [-0.1, -0.05) is 133 Å². The summed E-state index contributed by atoms with van der Waals surface area (Å²) in [5.41, 5.74) is 0. The lowest BCUT2D eigenvalue weighted by molar-refractivity contribution is 0.587. The van der Waals surface area contributed by atoms with E-state index in [2.05, 4.69) is 0 Å². The van der Waals surface area contributed by atoms with Crippen LogP contribution in [0.1, 0.15) is 0 Å². The molecule has 0 saturated heterocycles. The van der Waals surface area contributed by atoms with E-state index in [1.165, 1.54) is 0 Å². The van der Waals surface area contributed by atoms with Crippen LogP contribution in [0.5, 0.6) is 0 Å². The van der Waals surface area contributed by atoms with Crippen LogP contribution in [0.2, 0.25) is 0 Å². The third-order valence-corrected chi connectivity index (χ3v) is 11.6. The second-order valence-corrected chi connectivity index (χ2v) is 13.4. The molecule has 0 aromatic heterocycles. The Bertz CT molecular complexity index is 1060. The summed E-state index contributed by atoms with van der Waals surface area (Å²) >= 11 is 0. The van der Waals surface area contributed by atoms with Gasteiger partial charge in [0.1, 0.15) is 14.3 Å². The molecular formula is C28H26O2P2. The van der Waals surface area contributed by atoms with E-state index in [0.29, 0.717) is 12.3 Å². The SMILES string of the molecule is O=P(C/C=C/CP(=O)(c1ccccc1)c1ccccc1)(c1ccccc1)c1ccccc1. The van der Waals surface area contributed by atoms with Crippen LogP contribution in [0.3, 0.4) is 0 Å². The number of benzene rings is 4. The average Bonchev–Trinajstić information content (AvgIpc) is 2.88. The fourth-order valence-electron chi connectivity index (χ4n) is 3.84. The zero-order valence-electron chi connectivity index (χ0n) is 17.8. The van der Waals surface area contributed by atoms with Crippen molar-refractivity contribution < 1.29 is 9.13 Å². The first kappa shape index (κ1) is 22.3. The summed E-state index contributed by atoms with van der Waals surface area (Å²) in [7, 11) is -5.65. The molecule has 4 aromatic carbocycles. The van der Waals surface area contributed by atoms with E-state index in [1.807, 2.05) is 133 Å². The zero-order chi connectivity index (χ0) is 22.3. The molecule has 0 aliphatic heterocycles. The Balaban J connectivity index is 1.64. The number of allylic oxidation sites excluding steroid dienone is 2. The maximum absolute atomic E-state index is 14.2. The van der Waals surface area contributed by atoms with Gasteiger partial charge in [-0.2, -0.15) is 0 Å². The van der Waals surface area contributed by atoms with Crippen LogP contribution < -0.4 is 21.2 Å². The number of rotatable bonds is 8. The summed E-state index contributed by atoms with van der Waals surface area (Å²) in [6, 6.07) is 38.6. The van der Waals surface area contributed by atoms with Crippen LogP contribution in [0.4, 0.5) is 0 Å². The van der Waals surface area contributed by atoms with Crippen LogP contribution in [0.25, 0.3) is 0 Å². The molecule has 4 rings (SSSR count). The molecule has 0 aliphatic rings. The number of hydrogen-bond acceptors (Lipinski definition) is 2. The van der Waals surface area contributed by atoms with E-state index in [4.69, 9.17) is 0 Å². The lowest BCUT2D eigenvalue weighted by atomic mass is 10.4. The lowest BCUT2D eigenvalue weighted by Gasteiger charge is -2.19. The van der Waals surface area contributed by atoms with Crippen molar-refractivity contribution in [3.05, 3.63) is 133 Å². The van der Waals surface area contributed by atoms with Gasteiger partial charge in [-0.25, -0.2) is 0 Å². The molecule has 0 amide bonds. The van der Waals surface area contributed by atoms with Crippen molar-refractivity contribution in [2.24, 2.45) is 0 Å². The molecule has 0 unspecified atom stereocenters. The monoisotopic (exact) mass is 456 g/mol. The van der Waals surface area contributed by atoms with Gasteiger partial charge >= 0.3 is 0 Å². The summed E-state index contributed by atoms with van der Waals surface area (Å²) < 4.78 is 28.3. The van der Waals surface area contributed by atoms with Gasteiger partial charge in [0.2, 0.25) is 0 Å². The van der Waals surface area contributed by atoms with Crippen molar-refractivity contribution in [1.82, 2.24) is 0 Å². The second-order valence-electron chi connectivity index (χ2n) is 7.66. The summed E-state index contributed by atoms with van der Waals surface area (Å²) in [4.78, 5) is 0. The van der Waals surface area contributed by atoms with E-state index in [1.54, 1.807) is 0 Å². The maximum Gasteiger partial charge on any atom is 0.146 e. The average molecular weight is 456 g/mol. The molecule has 0 bridgehead atoms. The largest absolute Gasteiger partial charge is 0.313 e. The highest BCUT2D eigenvalue weighted by Gasteiger charge is 2.27. The molecule has 0 fully saturated rings. The Labute approximate surface area is 190 Å². The Hall–Kier alpha value is -2.92. The Morgan fingerprint density at radius 1 is 0.406 bits per heavy atom. The quantitative estimate of drug-likeness (QED) is 0.257. The molecule has 0 radical (unpaired) electrons. The minimum absolute atomic E-state index is 0.393. The highest BCUT2D eigenvalue weighted by molar-refractivity contribution is 7.79. The summed E-state index contributed by atoms with van der Waals surface area (Å²) in [6.07, 6.45) is 4.67. The highest BCUT2D eigenvalue weighted by atomic mass is 31.2. The van der Waals surface area contributed by atoms with Gasteiger partial charge < -0.3 is 9.13 Å². The Morgan fingerprint density at radius 3 is 0.844 bits per heavy atom. The van der Waals surface area contributed by atoms with Gasteiger partial charge in [0.15, 0.2) is 0 Å². The first-order valence-electron chi connectivity index (χ1n) is 10.7. The normalized spacial score (nSPS) is 12.1. The fourth-order valence-corrected chi connectivity index (χ4v) is 8.79. The van der Waals surface area contributed by atoms with E-state index in [-0.39, 0.29) is 0 Å². The molecule has 2 nitrogen and oxygen atoms in total. The minimum Gasteiger partial charge on any atom is -0.313 e. The third kappa shape index (κ3) is 4.78. The van der Waals surface area contributed by atoms with Crippen molar-refractivity contribution in [2.75, 3.05) is 12.3 Å². The summed E-state index contributed by atoms with van der Waals surface area (Å²) in [5, 5.41) is 3.35. The summed E-state index contributed by atoms with van der Waals surface area (Å²) in [5.74, 6) is 0. The molecule has 0 heterocycles. The Morgan fingerprint density at radius 2 is 0.625 bits per heavy atom. The minimum atomic E-state index is -2.83. The highest BCUT2D eigenvalue weighted by Crippen LogP contribution is 2.45. The van der Waals surface area contributed by atoms with E-state index in [9.17, 15) is 9.13 Å². The lowest BCUT2D eigenvalue weighted by Crippen LogP contribution is -2.18. The van der Waals surface area contributed by atoms with Crippen LogP contribution in [-0.4, -0.2) is 12.3 Å². The Kier molecular flexibility index (Phi) is 7.05. The van der Waals surface area contributed by atoms with E-state index >= 15 is 0 Å². The van der Waals surface area contributed by atoms with Gasteiger partial charge in [-0.05, 0) is 0 Å². The van der Waals surface area contributed by atoms with Gasteiger partial charge in [-0.15, -0.1) is 0 Å². The first-order valence-corrected chi connectivity index (χ1v) is 14.5. The maximum atomic E-state index is 14.2. The first-order chi connectivity index (χ1) is 15.6.